The van der Waals surface area contributed by atoms with Gasteiger partial charge in [-0.2, -0.15) is 0 Å². The number of hydrogen-bond acceptors (Lipinski definition) is 3. The van der Waals surface area contributed by atoms with Gasteiger partial charge < -0.3 is 16.0 Å². The molecule has 5 heteroatoms. The van der Waals surface area contributed by atoms with E-state index >= 15 is 0 Å². The minimum Gasteiger partial charge on any atom is -0.371 e. The molecule has 0 saturated carbocycles. The Labute approximate surface area is 131 Å². The summed E-state index contributed by atoms with van der Waals surface area (Å²) >= 11 is 6.42. The molecule has 4 nitrogen and oxygen atoms in total. The highest BCUT2D eigenvalue weighted by atomic mass is 35.5. The number of primary amides is 1. The molecule has 2 atom stereocenters. The van der Waals surface area contributed by atoms with Crippen LogP contribution in [0.25, 0.3) is 0 Å². The zero-order valence-corrected chi connectivity index (χ0v) is 13.5. The van der Waals surface area contributed by atoms with Crippen molar-refractivity contribution in [1.29, 1.82) is 0 Å². The summed E-state index contributed by atoms with van der Waals surface area (Å²) < 4.78 is 0. The molecule has 2 unspecified atom stereocenters. The number of halogens is 1. The van der Waals surface area contributed by atoms with Crippen molar-refractivity contribution >= 4 is 23.2 Å². The molecule has 21 heavy (non-hydrogen) atoms. The molecule has 1 fully saturated rings. The highest BCUT2D eigenvalue weighted by Gasteiger charge is 2.24. The summed E-state index contributed by atoms with van der Waals surface area (Å²) in [6.45, 7) is 6.73. The third-order valence-corrected chi connectivity index (χ3v) is 4.48. The number of carbonyl (C=O) groups is 1. The van der Waals surface area contributed by atoms with Crippen LogP contribution in [-0.2, 0) is 4.79 Å². The van der Waals surface area contributed by atoms with Gasteiger partial charge in [0.15, 0.2) is 0 Å². The fraction of sp³-hybridized carbons (Fsp3) is 0.562. The molecule has 1 aliphatic rings. The average molecular weight is 310 g/mol. The molecule has 0 aromatic heterocycles. The van der Waals surface area contributed by atoms with Crippen molar-refractivity contribution in [1.82, 2.24) is 5.32 Å². The van der Waals surface area contributed by atoms with Gasteiger partial charge in [-0.05, 0) is 44.0 Å². The first-order valence-electron chi connectivity index (χ1n) is 7.60. The van der Waals surface area contributed by atoms with Gasteiger partial charge in [-0.1, -0.05) is 24.6 Å². The van der Waals surface area contributed by atoms with Crippen molar-refractivity contribution in [3.05, 3.63) is 28.8 Å². The fourth-order valence-corrected chi connectivity index (χ4v) is 3.26. The van der Waals surface area contributed by atoms with Crippen LogP contribution in [0.15, 0.2) is 18.2 Å². The summed E-state index contributed by atoms with van der Waals surface area (Å²) in [6, 6.07) is 6.38. The van der Waals surface area contributed by atoms with Crippen LogP contribution < -0.4 is 16.0 Å². The van der Waals surface area contributed by atoms with Crippen LogP contribution in [0.2, 0.25) is 5.02 Å². The number of carbonyl (C=O) groups excluding carboxylic acids is 1. The zero-order valence-electron chi connectivity index (χ0n) is 12.7. The minimum atomic E-state index is -0.205. The van der Waals surface area contributed by atoms with Gasteiger partial charge in [-0.15, -0.1) is 0 Å². The highest BCUT2D eigenvalue weighted by Crippen LogP contribution is 2.30. The van der Waals surface area contributed by atoms with E-state index < -0.39 is 0 Å². The van der Waals surface area contributed by atoms with Crippen LogP contribution >= 0.6 is 11.6 Å². The molecule has 0 radical (unpaired) electrons. The maximum atomic E-state index is 11.4. The summed E-state index contributed by atoms with van der Waals surface area (Å²) in [4.78, 5) is 13.6. The Bertz CT molecular complexity index is 506. The lowest BCUT2D eigenvalue weighted by atomic mass is 9.96. The monoisotopic (exact) mass is 309 g/mol. The lowest BCUT2D eigenvalue weighted by molar-refractivity contribution is -0.122. The standard InChI is InChI=1S/C16H24ClN3O/c1-3-19-11(2)14-7-6-13(9-15(14)17)20-8-4-5-12(10-20)16(18)21/h6-7,9,11-12,19H,3-5,8,10H2,1-2H3,(H2,18,21). The summed E-state index contributed by atoms with van der Waals surface area (Å²) in [5, 5.41) is 4.13. The molecule has 1 aliphatic heterocycles. The van der Waals surface area contributed by atoms with Crippen molar-refractivity contribution in [2.45, 2.75) is 32.7 Å². The van der Waals surface area contributed by atoms with Gasteiger partial charge in [0, 0.05) is 29.8 Å². The molecule has 0 spiro atoms. The Morgan fingerprint density at radius 3 is 2.95 bits per heavy atom. The summed E-state index contributed by atoms with van der Waals surface area (Å²) in [6.07, 6.45) is 1.87. The number of nitrogens with one attached hydrogen (secondary N) is 1. The first-order chi connectivity index (χ1) is 10.0. The second kappa shape index (κ2) is 7.14. The topological polar surface area (TPSA) is 58.4 Å². The quantitative estimate of drug-likeness (QED) is 0.879. The zero-order chi connectivity index (χ0) is 15.4. The summed E-state index contributed by atoms with van der Waals surface area (Å²) in [5.74, 6) is -0.263. The molecule has 1 aromatic carbocycles. The Morgan fingerprint density at radius 2 is 2.33 bits per heavy atom. The SMILES string of the molecule is CCNC(C)c1ccc(N2CCCC(C(N)=O)C2)cc1Cl. The molecule has 1 saturated heterocycles. The molecule has 0 bridgehead atoms. The maximum Gasteiger partial charge on any atom is 0.222 e. The number of hydrogen-bond donors (Lipinski definition) is 2. The van der Waals surface area contributed by atoms with E-state index in [-0.39, 0.29) is 17.9 Å². The van der Waals surface area contributed by atoms with Crippen LogP contribution in [0.1, 0.15) is 38.3 Å². The number of rotatable bonds is 5. The minimum absolute atomic E-state index is 0.0575. The van der Waals surface area contributed by atoms with E-state index in [0.717, 1.165) is 42.2 Å². The summed E-state index contributed by atoms with van der Waals surface area (Å²) in [5.41, 5.74) is 7.61. The Hall–Kier alpha value is -1.26. The first kappa shape index (κ1) is 16.1. The number of piperidine rings is 1. The third-order valence-electron chi connectivity index (χ3n) is 4.15. The molecule has 0 aliphatic carbocycles. The molecular weight excluding hydrogens is 286 g/mol. The molecule has 1 amide bonds. The van der Waals surface area contributed by atoms with E-state index in [1.54, 1.807) is 0 Å². The third kappa shape index (κ3) is 3.89. The molecular formula is C16H24ClN3O. The van der Waals surface area contributed by atoms with Crippen LogP contribution in [0.3, 0.4) is 0 Å². The first-order valence-corrected chi connectivity index (χ1v) is 7.97. The second-order valence-electron chi connectivity index (χ2n) is 5.67. The van der Waals surface area contributed by atoms with Crippen molar-refractivity contribution in [2.24, 2.45) is 11.7 Å². The van der Waals surface area contributed by atoms with Crippen molar-refractivity contribution in [3.63, 3.8) is 0 Å². The largest absolute Gasteiger partial charge is 0.371 e. The van der Waals surface area contributed by atoms with Crippen LogP contribution in [-0.4, -0.2) is 25.5 Å². The van der Waals surface area contributed by atoms with E-state index in [1.807, 2.05) is 6.07 Å². The predicted molar refractivity (Wildman–Crippen MR) is 87.7 cm³/mol. The number of anilines is 1. The van der Waals surface area contributed by atoms with Gasteiger partial charge in [-0.25, -0.2) is 0 Å². The van der Waals surface area contributed by atoms with E-state index in [1.165, 1.54) is 0 Å². The van der Waals surface area contributed by atoms with Crippen LogP contribution in [0, 0.1) is 5.92 Å². The van der Waals surface area contributed by atoms with E-state index in [9.17, 15) is 4.79 Å². The Morgan fingerprint density at radius 1 is 1.57 bits per heavy atom. The molecule has 1 heterocycles. The highest BCUT2D eigenvalue weighted by molar-refractivity contribution is 6.31. The number of benzene rings is 1. The lowest BCUT2D eigenvalue weighted by Gasteiger charge is -2.33. The van der Waals surface area contributed by atoms with Gasteiger partial charge in [-0.3, -0.25) is 4.79 Å². The number of nitrogens with two attached hydrogens (primary N) is 1. The van der Waals surface area contributed by atoms with Crippen molar-refractivity contribution in [3.8, 4) is 0 Å². The molecule has 3 N–H and O–H groups in total. The molecule has 1 aromatic rings. The van der Waals surface area contributed by atoms with Gasteiger partial charge >= 0.3 is 0 Å². The van der Waals surface area contributed by atoms with E-state index in [4.69, 9.17) is 17.3 Å². The van der Waals surface area contributed by atoms with E-state index in [0.29, 0.717) is 6.54 Å². The molecule has 2 rings (SSSR count). The van der Waals surface area contributed by atoms with Crippen molar-refractivity contribution in [2.75, 3.05) is 24.5 Å². The molecule has 116 valence electrons. The lowest BCUT2D eigenvalue weighted by Crippen LogP contribution is -2.41. The van der Waals surface area contributed by atoms with Gasteiger partial charge in [0.25, 0.3) is 0 Å². The van der Waals surface area contributed by atoms with Gasteiger partial charge in [0.2, 0.25) is 5.91 Å². The summed E-state index contributed by atoms with van der Waals surface area (Å²) in [7, 11) is 0. The Balaban J connectivity index is 2.14. The fourth-order valence-electron chi connectivity index (χ4n) is 2.92. The average Bonchev–Trinajstić information content (AvgIpc) is 2.47. The predicted octanol–water partition coefficient (Wildman–Crippen LogP) is 2.71. The smallest absolute Gasteiger partial charge is 0.222 e. The maximum absolute atomic E-state index is 11.4. The number of nitrogens with zero attached hydrogens (tertiary/aromatic N) is 1. The number of amides is 1. The van der Waals surface area contributed by atoms with Gasteiger partial charge in [0.1, 0.15) is 0 Å². The normalized spacial score (nSPS) is 20.3. The van der Waals surface area contributed by atoms with Gasteiger partial charge in [0.05, 0.1) is 5.92 Å². The second-order valence-corrected chi connectivity index (χ2v) is 6.08. The van der Waals surface area contributed by atoms with Crippen LogP contribution in [0.5, 0.6) is 0 Å². The van der Waals surface area contributed by atoms with E-state index in [2.05, 4.69) is 36.2 Å². The Kier molecular flexibility index (Phi) is 5.48. The van der Waals surface area contributed by atoms with Crippen molar-refractivity contribution < 1.29 is 4.79 Å². The van der Waals surface area contributed by atoms with Crippen LogP contribution in [0.4, 0.5) is 5.69 Å².